The summed E-state index contributed by atoms with van der Waals surface area (Å²) in [7, 11) is 0. The smallest absolute Gasteiger partial charge is 0.251 e. The Morgan fingerprint density at radius 1 is 1.12 bits per heavy atom. The van der Waals surface area contributed by atoms with E-state index in [4.69, 9.17) is 23.2 Å². The van der Waals surface area contributed by atoms with Gasteiger partial charge in [0.15, 0.2) is 0 Å². The van der Waals surface area contributed by atoms with Crippen molar-refractivity contribution < 1.29 is 9.59 Å². The van der Waals surface area contributed by atoms with Crippen molar-refractivity contribution in [2.75, 3.05) is 11.9 Å². The largest absolute Gasteiger partial charge is 0.352 e. The van der Waals surface area contributed by atoms with Crippen molar-refractivity contribution >= 4 is 46.8 Å². The van der Waals surface area contributed by atoms with Gasteiger partial charge in [0.1, 0.15) is 0 Å². The topological polar surface area (TPSA) is 58.2 Å². The van der Waals surface area contributed by atoms with E-state index < -0.39 is 0 Å². The van der Waals surface area contributed by atoms with Crippen LogP contribution in [0, 0.1) is 0 Å². The molecule has 2 rings (SSSR count). The van der Waals surface area contributed by atoms with Gasteiger partial charge < -0.3 is 10.6 Å². The van der Waals surface area contributed by atoms with Crippen LogP contribution in [0.2, 0.25) is 10.0 Å². The first-order valence-electron chi connectivity index (χ1n) is 7.32. The Bertz CT molecular complexity index is 788. The third-order valence-electron chi connectivity index (χ3n) is 3.11. The number of halogens is 2. The van der Waals surface area contributed by atoms with Crippen LogP contribution in [-0.2, 0) is 4.79 Å². The molecular formula is C18H16Cl2N2O2. The number of amides is 2. The fourth-order valence-electron chi connectivity index (χ4n) is 1.99. The molecule has 0 saturated heterocycles. The first-order chi connectivity index (χ1) is 11.5. The van der Waals surface area contributed by atoms with E-state index in [2.05, 4.69) is 10.6 Å². The molecular weight excluding hydrogens is 347 g/mol. The van der Waals surface area contributed by atoms with Crippen molar-refractivity contribution in [2.45, 2.75) is 6.92 Å². The van der Waals surface area contributed by atoms with E-state index in [9.17, 15) is 9.59 Å². The normalized spacial score (nSPS) is 10.6. The molecule has 0 bridgehead atoms. The van der Waals surface area contributed by atoms with Crippen LogP contribution in [0.1, 0.15) is 22.8 Å². The second kappa shape index (κ2) is 8.52. The Labute approximate surface area is 150 Å². The van der Waals surface area contributed by atoms with Gasteiger partial charge in [0, 0.05) is 33.9 Å². The molecule has 0 unspecified atom stereocenters. The van der Waals surface area contributed by atoms with Crippen molar-refractivity contribution in [2.24, 2.45) is 0 Å². The summed E-state index contributed by atoms with van der Waals surface area (Å²) in [6.07, 6.45) is 2.97. The zero-order valence-corrected chi connectivity index (χ0v) is 14.5. The molecule has 0 aromatic heterocycles. The van der Waals surface area contributed by atoms with E-state index in [1.54, 1.807) is 48.5 Å². The quantitative estimate of drug-likeness (QED) is 0.774. The summed E-state index contributed by atoms with van der Waals surface area (Å²) in [4.78, 5) is 23.8. The molecule has 2 N–H and O–H groups in total. The first kappa shape index (κ1) is 18.0. The van der Waals surface area contributed by atoms with E-state index in [-0.39, 0.29) is 11.8 Å². The molecule has 0 heterocycles. The predicted molar refractivity (Wildman–Crippen MR) is 98.6 cm³/mol. The summed E-state index contributed by atoms with van der Waals surface area (Å²) in [6, 6.07) is 11.8. The van der Waals surface area contributed by atoms with Crippen molar-refractivity contribution in [3.8, 4) is 0 Å². The highest BCUT2D eigenvalue weighted by Crippen LogP contribution is 2.22. The van der Waals surface area contributed by atoms with Crippen LogP contribution in [-0.4, -0.2) is 18.4 Å². The highest BCUT2D eigenvalue weighted by Gasteiger charge is 2.06. The van der Waals surface area contributed by atoms with E-state index in [1.807, 2.05) is 6.92 Å². The van der Waals surface area contributed by atoms with Crippen LogP contribution in [0.4, 0.5) is 5.69 Å². The molecule has 2 aromatic carbocycles. The molecule has 0 saturated carbocycles. The molecule has 0 atom stereocenters. The van der Waals surface area contributed by atoms with E-state index in [0.29, 0.717) is 33.4 Å². The maximum Gasteiger partial charge on any atom is 0.251 e. The minimum Gasteiger partial charge on any atom is -0.352 e. The molecule has 2 amide bonds. The molecule has 0 fully saturated rings. The number of benzene rings is 2. The number of nitrogens with one attached hydrogen (secondary N) is 2. The summed E-state index contributed by atoms with van der Waals surface area (Å²) in [5, 5.41) is 6.41. The van der Waals surface area contributed by atoms with Gasteiger partial charge in [-0.3, -0.25) is 9.59 Å². The van der Waals surface area contributed by atoms with Gasteiger partial charge in [-0.05, 0) is 48.9 Å². The van der Waals surface area contributed by atoms with Gasteiger partial charge >= 0.3 is 0 Å². The zero-order chi connectivity index (χ0) is 17.5. The minimum atomic E-state index is -0.325. The summed E-state index contributed by atoms with van der Waals surface area (Å²) in [5.41, 5.74) is 1.71. The fourth-order valence-corrected chi connectivity index (χ4v) is 2.46. The predicted octanol–water partition coefficient (Wildman–Crippen LogP) is 4.40. The Hall–Kier alpha value is -2.30. The van der Waals surface area contributed by atoms with E-state index in [0.717, 1.165) is 0 Å². The lowest BCUT2D eigenvalue weighted by Crippen LogP contribution is -2.22. The third-order valence-corrected chi connectivity index (χ3v) is 3.67. The number of carbonyl (C=O) groups is 2. The van der Waals surface area contributed by atoms with Crippen LogP contribution >= 0.6 is 23.2 Å². The highest BCUT2D eigenvalue weighted by molar-refractivity contribution is 6.35. The lowest BCUT2D eigenvalue weighted by atomic mass is 10.2. The summed E-state index contributed by atoms with van der Waals surface area (Å²) in [5.74, 6) is -0.508. The Kier molecular flexibility index (Phi) is 6.41. The first-order valence-corrected chi connectivity index (χ1v) is 8.07. The molecule has 6 heteroatoms. The van der Waals surface area contributed by atoms with Crippen LogP contribution in [0.5, 0.6) is 0 Å². The molecule has 2 aromatic rings. The zero-order valence-electron chi connectivity index (χ0n) is 13.0. The molecule has 0 aliphatic rings. The molecule has 24 heavy (non-hydrogen) atoms. The number of hydrogen-bond donors (Lipinski definition) is 2. The van der Waals surface area contributed by atoms with E-state index >= 15 is 0 Å². The maximum atomic E-state index is 12.0. The molecule has 0 aliphatic carbocycles. The maximum absolute atomic E-state index is 12.0. The molecule has 124 valence electrons. The highest BCUT2D eigenvalue weighted by atomic mass is 35.5. The summed E-state index contributed by atoms with van der Waals surface area (Å²) in [6.45, 7) is 2.39. The van der Waals surface area contributed by atoms with Crippen molar-refractivity contribution in [1.29, 1.82) is 0 Å². The second-order valence-corrected chi connectivity index (χ2v) is 5.77. The Morgan fingerprint density at radius 3 is 2.62 bits per heavy atom. The van der Waals surface area contributed by atoms with Crippen LogP contribution in [0.15, 0.2) is 48.5 Å². The van der Waals surface area contributed by atoms with Crippen molar-refractivity contribution in [3.63, 3.8) is 0 Å². The lowest BCUT2D eigenvalue weighted by Gasteiger charge is -2.06. The lowest BCUT2D eigenvalue weighted by molar-refractivity contribution is -0.111. The summed E-state index contributed by atoms with van der Waals surface area (Å²) < 4.78 is 0. The molecule has 0 aliphatic heterocycles. The monoisotopic (exact) mass is 362 g/mol. The third kappa shape index (κ3) is 5.11. The average molecular weight is 363 g/mol. The van der Waals surface area contributed by atoms with Gasteiger partial charge in [0.25, 0.3) is 5.91 Å². The van der Waals surface area contributed by atoms with Crippen molar-refractivity contribution in [3.05, 3.63) is 69.7 Å². The standard InChI is InChI=1S/C18H16Cl2N2O2/c1-2-21-18(24)13-4-3-5-15(10-13)22-17(23)9-7-12-6-8-14(19)11-16(12)20/h3-11H,2H2,1H3,(H,21,24)(H,22,23)/b9-7+. The van der Waals surface area contributed by atoms with E-state index in [1.165, 1.54) is 6.08 Å². The number of hydrogen-bond acceptors (Lipinski definition) is 2. The minimum absolute atomic E-state index is 0.183. The van der Waals surface area contributed by atoms with Crippen LogP contribution in [0.3, 0.4) is 0 Å². The SMILES string of the molecule is CCNC(=O)c1cccc(NC(=O)/C=C/c2ccc(Cl)cc2Cl)c1. The van der Waals surface area contributed by atoms with Crippen molar-refractivity contribution in [1.82, 2.24) is 5.32 Å². The van der Waals surface area contributed by atoms with Gasteiger partial charge in [-0.1, -0.05) is 35.3 Å². The van der Waals surface area contributed by atoms with Gasteiger partial charge in [0.05, 0.1) is 0 Å². The van der Waals surface area contributed by atoms with Gasteiger partial charge in [0.2, 0.25) is 5.91 Å². The van der Waals surface area contributed by atoms with Gasteiger partial charge in [-0.15, -0.1) is 0 Å². The van der Waals surface area contributed by atoms with Crippen LogP contribution in [0.25, 0.3) is 6.08 Å². The van der Waals surface area contributed by atoms with Gasteiger partial charge in [-0.2, -0.15) is 0 Å². The fraction of sp³-hybridized carbons (Fsp3) is 0.111. The number of rotatable bonds is 5. The molecule has 4 nitrogen and oxygen atoms in total. The Morgan fingerprint density at radius 2 is 1.92 bits per heavy atom. The number of anilines is 1. The Balaban J connectivity index is 2.05. The van der Waals surface area contributed by atoms with Crippen LogP contribution < -0.4 is 10.6 Å². The molecule has 0 spiro atoms. The summed E-state index contributed by atoms with van der Waals surface area (Å²) >= 11 is 11.9. The van der Waals surface area contributed by atoms with Gasteiger partial charge in [-0.25, -0.2) is 0 Å². The second-order valence-electron chi connectivity index (χ2n) is 4.93. The number of carbonyl (C=O) groups excluding carboxylic acids is 2. The average Bonchev–Trinajstić information content (AvgIpc) is 2.54. The molecule has 0 radical (unpaired) electrons.